The number of hydrogen-bond donors (Lipinski definition) is 1. The third-order valence-electron chi connectivity index (χ3n) is 1.28. The second kappa shape index (κ2) is 4.50. The van der Waals surface area contributed by atoms with E-state index < -0.39 is 12.8 Å². The van der Waals surface area contributed by atoms with Crippen molar-refractivity contribution in [3.63, 3.8) is 0 Å². The predicted octanol–water partition coefficient (Wildman–Crippen LogP) is 2.37. The second-order valence-electron chi connectivity index (χ2n) is 2.33. The van der Waals surface area contributed by atoms with E-state index in [1.165, 1.54) is 12.1 Å². The normalized spacial score (nSPS) is 12.9. The zero-order valence-electron chi connectivity index (χ0n) is 6.75. The van der Waals surface area contributed by atoms with Crippen LogP contribution >= 0.6 is 15.9 Å². The van der Waals surface area contributed by atoms with E-state index in [1.807, 2.05) is 0 Å². The lowest BCUT2D eigenvalue weighted by atomic mass is 10.4. The van der Waals surface area contributed by atoms with E-state index in [1.54, 1.807) is 0 Å². The topological polar surface area (TPSA) is 48.1 Å². The Morgan fingerprint density at radius 2 is 2.00 bits per heavy atom. The number of pyridine rings is 1. The quantitative estimate of drug-likeness (QED) is 0.858. The lowest BCUT2D eigenvalue weighted by molar-refractivity contribution is -0.0686. The van der Waals surface area contributed by atoms with E-state index in [4.69, 9.17) is 5.73 Å². The van der Waals surface area contributed by atoms with E-state index >= 15 is 0 Å². The zero-order chi connectivity index (χ0) is 10.7. The highest BCUT2D eigenvalue weighted by atomic mass is 79.9. The molecule has 0 saturated carbocycles. The van der Waals surface area contributed by atoms with Gasteiger partial charge in [-0.2, -0.15) is 4.39 Å². The Balaban J connectivity index is 2.80. The maximum Gasteiger partial charge on any atom is 0.304 e. The van der Waals surface area contributed by atoms with Gasteiger partial charge in [-0.05, 0) is 28.1 Å². The van der Waals surface area contributed by atoms with Crippen LogP contribution in [0.3, 0.4) is 0 Å². The van der Waals surface area contributed by atoms with Crippen molar-refractivity contribution in [3.8, 4) is 5.88 Å². The molecule has 0 aliphatic rings. The van der Waals surface area contributed by atoms with Crippen LogP contribution in [-0.4, -0.2) is 17.8 Å². The first-order valence-corrected chi connectivity index (χ1v) is 4.31. The van der Waals surface area contributed by atoms with Crippen LogP contribution < -0.4 is 10.5 Å². The molecule has 1 aromatic heterocycles. The molecular weight excluding hydrogens is 265 g/mol. The van der Waals surface area contributed by atoms with E-state index in [-0.39, 0.29) is 11.6 Å². The lowest BCUT2D eigenvalue weighted by Crippen LogP contribution is -2.20. The molecule has 1 aromatic rings. The molecule has 1 unspecified atom stereocenters. The molecule has 2 N–H and O–H groups in total. The number of aromatic nitrogens is 1. The lowest BCUT2D eigenvalue weighted by Gasteiger charge is -2.10. The van der Waals surface area contributed by atoms with Crippen molar-refractivity contribution in [3.05, 3.63) is 16.7 Å². The number of nitrogen functional groups attached to an aromatic ring is 1. The number of nitrogens with zero attached hydrogens (tertiary/aromatic N) is 1. The van der Waals surface area contributed by atoms with Crippen LogP contribution in [0.1, 0.15) is 0 Å². The highest BCUT2D eigenvalue weighted by molar-refractivity contribution is 9.10. The third-order valence-corrected chi connectivity index (χ3v) is 1.72. The fourth-order valence-corrected chi connectivity index (χ4v) is 0.974. The molecule has 14 heavy (non-hydrogen) atoms. The van der Waals surface area contributed by atoms with Gasteiger partial charge in [-0.15, -0.1) is 0 Å². The standard InChI is InChI=1S/C7H6BrF3N2O/c8-4-2-1-3(12)7(13-4)14-6(11)5(9)10/h1-2,5-6H,12H2. The smallest absolute Gasteiger partial charge is 0.304 e. The van der Waals surface area contributed by atoms with Gasteiger partial charge in [0.2, 0.25) is 5.88 Å². The van der Waals surface area contributed by atoms with E-state index in [2.05, 4.69) is 25.7 Å². The molecule has 3 nitrogen and oxygen atoms in total. The van der Waals surface area contributed by atoms with Crippen LogP contribution in [0.5, 0.6) is 5.88 Å². The van der Waals surface area contributed by atoms with Crippen molar-refractivity contribution in [2.24, 2.45) is 0 Å². The van der Waals surface area contributed by atoms with Gasteiger partial charge in [0.25, 0.3) is 6.36 Å². The largest absolute Gasteiger partial charge is 0.435 e. The Morgan fingerprint density at radius 3 is 2.57 bits per heavy atom. The highest BCUT2D eigenvalue weighted by Gasteiger charge is 2.22. The molecule has 0 aromatic carbocycles. The summed E-state index contributed by atoms with van der Waals surface area (Å²) >= 11 is 2.97. The number of nitrogens with two attached hydrogens (primary N) is 1. The molecule has 1 rings (SSSR count). The van der Waals surface area contributed by atoms with Gasteiger partial charge in [0, 0.05) is 0 Å². The fraction of sp³-hybridized carbons (Fsp3) is 0.286. The summed E-state index contributed by atoms with van der Waals surface area (Å²) in [7, 11) is 0. The van der Waals surface area contributed by atoms with Crippen molar-refractivity contribution in [2.75, 3.05) is 5.73 Å². The van der Waals surface area contributed by atoms with E-state index in [0.29, 0.717) is 4.60 Å². The summed E-state index contributed by atoms with van der Waals surface area (Å²) in [5.41, 5.74) is 5.31. The van der Waals surface area contributed by atoms with Crippen LogP contribution in [0.4, 0.5) is 18.9 Å². The maximum absolute atomic E-state index is 12.4. The summed E-state index contributed by atoms with van der Waals surface area (Å²) in [6.45, 7) is 0. The van der Waals surface area contributed by atoms with Gasteiger partial charge in [0.15, 0.2) is 0 Å². The number of rotatable bonds is 3. The number of ether oxygens (including phenoxy) is 1. The minimum absolute atomic E-state index is 0.00324. The van der Waals surface area contributed by atoms with Crippen molar-refractivity contribution >= 4 is 21.6 Å². The Hall–Kier alpha value is -0.980. The first-order chi connectivity index (χ1) is 6.50. The van der Waals surface area contributed by atoms with Gasteiger partial charge < -0.3 is 10.5 Å². The van der Waals surface area contributed by atoms with Crippen LogP contribution in [0.25, 0.3) is 0 Å². The predicted molar refractivity (Wildman–Crippen MR) is 47.9 cm³/mol. The highest BCUT2D eigenvalue weighted by Crippen LogP contribution is 2.23. The van der Waals surface area contributed by atoms with Gasteiger partial charge in [-0.25, -0.2) is 13.8 Å². The van der Waals surface area contributed by atoms with Crippen molar-refractivity contribution in [1.82, 2.24) is 4.98 Å². The molecule has 1 heterocycles. The van der Waals surface area contributed by atoms with Crippen LogP contribution in [0, 0.1) is 0 Å². The molecule has 0 aliphatic carbocycles. The summed E-state index contributed by atoms with van der Waals surface area (Å²) in [6.07, 6.45) is -5.95. The van der Waals surface area contributed by atoms with Gasteiger partial charge in [-0.3, -0.25) is 0 Å². The molecule has 0 spiro atoms. The van der Waals surface area contributed by atoms with Gasteiger partial charge in [0.1, 0.15) is 4.60 Å². The number of halogens is 4. The first kappa shape index (κ1) is 11.1. The van der Waals surface area contributed by atoms with Crippen molar-refractivity contribution in [2.45, 2.75) is 12.8 Å². The summed E-state index contributed by atoms with van der Waals surface area (Å²) in [4.78, 5) is 3.59. The van der Waals surface area contributed by atoms with Crippen molar-refractivity contribution in [1.29, 1.82) is 0 Å². The molecule has 0 fully saturated rings. The average Bonchev–Trinajstić information content (AvgIpc) is 2.11. The fourth-order valence-electron chi connectivity index (χ4n) is 0.681. The zero-order valence-corrected chi connectivity index (χ0v) is 8.34. The molecule has 0 bridgehead atoms. The second-order valence-corrected chi connectivity index (χ2v) is 3.14. The minimum atomic E-state index is -3.23. The molecule has 0 aliphatic heterocycles. The average molecular weight is 271 g/mol. The maximum atomic E-state index is 12.4. The first-order valence-electron chi connectivity index (χ1n) is 3.51. The molecule has 1 atom stereocenters. The summed E-state index contributed by atoms with van der Waals surface area (Å²) in [5, 5.41) is 0. The van der Waals surface area contributed by atoms with E-state index in [0.717, 1.165) is 0 Å². The van der Waals surface area contributed by atoms with Crippen molar-refractivity contribution < 1.29 is 17.9 Å². The summed E-state index contributed by atoms with van der Waals surface area (Å²) < 4.78 is 40.5. The number of anilines is 1. The van der Waals surface area contributed by atoms with Gasteiger partial charge in [-0.1, -0.05) is 0 Å². The summed E-state index contributed by atoms with van der Waals surface area (Å²) in [6, 6.07) is 2.85. The van der Waals surface area contributed by atoms with Gasteiger partial charge in [0.05, 0.1) is 5.69 Å². The Labute approximate surface area is 86.2 Å². The Morgan fingerprint density at radius 1 is 1.36 bits per heavy atom. The molecule has 7 heteroatoms. The number of hydrogen-bond acceptors (Lipinski definition) is 3. The monoisotopic (exact) mass is 270 g/mol. The summed E-state index contributed by atoms with van der Waals surface area (Å²) in [5.74, 6) is -0.354. The molecular formula is C7H6BrF3N2O. The van der Waals surface area contributed by atoms with Crippen LogP contribution in [-0.2, 0) is 0 Å². The molecule has 0 saturated heterocycles. The van der Waals surface area contributed by atoms with Gasteiger partial charge >= 0.3 is 6.43 Å². The van der Waals surface area contributed by atoms with Crippen LogP contribution in [0.15, 0.2) is 16.7 Å². The Bertz CT molecular complexity index is 324. The van der Waals surface area contributed by atoms with E-state index in [9.17, 15) is 13.2 Å². The molecule has 0 amide bonds. The van der Waals surface area contributed by atoms with Crippen LogP contribution in [0.2, 0.25) is 0 Å². The minimum Gasteiger partial charge on any atom is -0.435 e. The Kier molecular flexibility index (Phi) is 3.56. The molecule has 0 radical (unpaired) electrons. The SMILES string of the molecule is Nc1ccc(Br)nc1OC(F)C(F)F. The third kappa shape index (κ3) is 2.76. The number of alkyl halides is 3. The molecule has 78 valence electrons.